The number of hydrogen-bond donors (Lipinski definition) is 1. The monoisotopic (exact) mass is 248 g/mol. The van der Waals surface area contributed by atoms with Gasteiger partial charge < -0.3 is 9.52 Å². The standard InChI is InChI=1S/C16H24O2/c1-15(2,11-17)10-16(3,4)13-9-18-14-8-6-5-7-12(13)14/h7-9,17H,5-6,10-11H2,1-4H3. The van der Waals surface area contributed by atoms with E-state index in [0.717, 1.165) is 24.7 Å². The number of furan rings is 1. The molecule has 1 aromatic heterocycles. The predicted molar refractivity (Wildman–Crippen MR) is 74.6 cm³/mol. The molecule has 0 unspecified atom stereocenters. The average molecular weight is 248 g/mol. The molecule has 1 aromatic rings. The Kier molecular flexibility index (Phi) is 3.41. The minimum absolute atomic E-state index is 0.0188. The van der Waals surface area contributed by atoms with Crippen molar-refractivity contribution in [1.29, 1.82) is 0 Å². The lowest BCUT2D eigenvalue weighted by atomic mass is 9.72. The number of aliphatic hydroxyl groups excluding tert-OH is 1. The SMILES string of the molecule is CC(C)(CO)CC(C)(C)c1coc2c1=CCCC=2. The lowest BCUT2D eigenvalue weighted by molar-refractivity contribution is 0.126. The first-order valence-electron chi connectivity index (χ1n) is 6.75. The maximum atomic E-state index is 9.46. The second kappa shape index (κ2) is 4.58. The second-order valence-corrected chi connectivity index (χ2v) is 6.80. The topological polar surface area (TPSA) is 33.4 Å². The first kappa shape index (κ1) is 13.4. The van der Waals surface area contributed by atoms with E-state index >= 15 is 0 Å². The van der Waals surface area contributed by atoms with Crippen molar-refractivity contribution in [3.63, 3.8) is 0 Å². The highest BCUT2D eigenvalue weighted by Crippen LogP contribution is 2.34. The van der Waals surface area contributed by atoms with E-state index < -0.39 is 0 Å². The van der Waals surface area contributed by atoms with Crippen LogP contribution in [-0.4, -0.2) is 11.7 Å². The highest BCUT2D eigenvalue weighted by Gasteiger charge is 2.31. The van der Waals surface area contributed by atoms with Crippen LogP contribution in [0.3, 0.4) is 0 Å². The molecule has 1 aliphatic carbocycles. The average Bonchev–Trinajstić information content (AvgIpc) is 2.72. The van der Waals surface area contributed by atoms with Gasteiger partial charge in [0.05, 0.1) is 6.26 Å². The summed E-state index contributed by atoms with van der Waals surface area (Å²) in [6.45, 7) is 8.90. The Balaban J connectivity index is 2.40. The fourth-order valence-corrected chi connectivity index (χ4v) is 3.06. The summed E-state index contributed by atoms with van der Waals surface area (Å²) in [7, 11) is 0. The largest absolute Gasteiger partial charge is 0.464 e. The van der Waals surface area contributed by atoms with Crippen LogP contribution in [0.4, 0.5) is 0 Å². The normalized spacial score (nSPS) is 15.8. The lowest BCUT2D eigenvalue weighted by Crippen LogP contribution is -2.36. The van der Waals surface area contributed by atoms with Crippen LogP contribution in [0, 0.1) is 5.41 Å². The molecular weight excluding hydrogens is 224 g/mol. The van der Waals surface area contributed by atoms with Gasteiger partial charge >= 0.3 is 0 Å². The highest BCUT2D eigenvalue weighted by molar-refractivity contribution is 5.40. The molecule has 0 amide bonds. The van der Waals surface area contributed by atoms with Gasteiger partial charge in [-0.25, -0.2) is 0 Å². The van der Waals surface area contributed by atoms with Gasteiger partial charge in [0, 0.05) is 17.4 Å². The Morgan fingerprint density at radius 1 is 1.17 bits per heavy atom. The van der Waals surface area contributed by atoms with Crippen LogP contribution in [0.1, 0.15) is 52.5 Å². The predicted octanol–water partition coefficient (Wildman–Crippen LogP) is 2.32. The van der Waals surface area contributed by atoms with Crippen molar-refractivity contribution in [2.45, 2.75) is 52.4 Å². The molecule has 0 bridgehead atoms. The molecule has 0 saturated carbocycles. The number of rotatable bonds is 4. The fraction of sp³-hybridized carbons (Fsp3) is 0.625. The molecule has 0 aromatic carbocycles. The zero-order valence-electron chi connectivity index (χ0n) is 11.9. The fourth-order valence-electron chi connectivity index (χ4n) is 3.06. The third-order valence-electron chi connectivity index (χ3n) is 3.78. The minimum atomic E-state index is -0.0635. The molecular formula is C16H24O2. The van der Waals surface area contributed by atoms with Crippen molar-refractivity contribution >= 4 is 12.2 Å². The summed E-state index contributed by atoms with van der Waals surface area (Å²) < 4.78 is 5.67. The molecule has 0 atom stereocenters. The van der Waals surface area contributed by atoms with Gasteiger partial charge in [-0.15, -0.1) is 0 Å². The van der Waals surface area contributed by atoms with Gasteiger partial charge in [0.1, 0.15) is 5.42 Å². The third kappa shape index (κ3) is 2.54. The molecule has 2 rings (SSSR count). The van der Waals surface area contributed by atoms with Crippen molar-refractivity contribution in [3.05, 3.63) is 22.5 Å². The summed E-state index contributed by atoms with van der Waals surface area (Å²) in [6, 6.07) is 0. The van der Waals surface area contributed by atoms with Gasteiger partial charge in [-0.1, -0.05) is 33.8 Å². The van der Waals surface area contributed by atoms with Gasteiger partial charge in [-0.3, -0.25) is 0 Å². The molecule has 1 N–H and O–H groups in total. The van der Waals surface area contributed by atoms with Crippen LogP contribution >= 0.6 is 0 Å². The maximum absolute atomic E-state index is 9.46. The summed E-state index contributed by atoms with van der Waals surface area (Å²) in [4.78, 5) is 0. The Morgan fingerprint density at radius 2 is 1.83 bits per heavy atom. The zero-order chi connectivity index (χ0) is 13.4. The van der Waals surface area contributed by atoms with E-state index in [0.29, 0.717) is 0 Å². The lowest BCUT2D eigenvalue weighted by Gasteiger charge is -2.33. The first-order chi connectivity index (χ1) is 8.36. The summed E-state index contributed by atoms with van der Waals surface area (Å²) in [5.41, 5.74) is 2.25. The quantitative estimate of drug-likeness (QED) is 0.887. The maximum Gasteiger partial charge on any atom is 0.129 e. The van der Waals surface area contributed by atoms with Gasteiger partial charge in [-0.05, 0) is 36.2 Å². The molecule has 0 aliphatic heterocycles. The van der Waals surface area contributed by atoms with E-state index in [9.17, 15) is 5.11 Å². The van der Waals surface area contributed by atoms with E-state index in [1.165, 1.54) is 10.8 Å². The van der Waals surface area contributed by atoms with Crippen LogP contribution in [-0.2, 0) is 5.41 Å². The molecule has 0 spiro atoms. The molecule has 1 aliphatic rings. The summed E-state index contributed by atoms with van der Waals surface area (Å²) in [5, 5.41) is 10.7. The molecule has 2 nitrogen and oxygen atoms in total. The smallest absolute Gasteiger partial charge is 0.129 e. The van der Waals surface area contributed by atoms with Crippen LogP contribution < -0.4 is 10.6 Å². The Hall–Kier alpha value is -1.02. The van der Waals surface area contributed by atoms with E-state index in [4.69, 9.17) is 4.42 Å². The second-order valence-electron chi connectivity index (χ2n) is 6.80. The van der Waals surface area contributed by atoms with Crippen LogP contribution in [0.5, 0.6) is 0 Å². The zero-order valence-corrected chi connectivity index (χ0v) is 11.9. The van der Waals surface area contributed by atoms with Crippen molar-refractivity contribution in [2.75, 3.05) is 6.61 Å². The van der Waals surface area contributed by atoms with Crippen molar-refractivity contribution < 1.29 is 9.52 Å². The highest BCUT2D eigenvalue weighted by atomic mass is 16.3. The first-order valence-corrected chi connectivity index (χ1v) is 6.75. The number of hydrogen-bond acceptors (Lipinski definition) is 2. The van der Waals surface area contributed by atoms with Crippen LogP contribution in [0.15, 0.2) is 10.7 Å². The number of fused-ring (bicyclic) bond motifs is 1. The van der Waals surface area contributed by atoms with E-state index in [-0.39, 0.29) is 17.4 Å². The molecule has 0 fully saturated rings. The molecule has 100 valence electrons. The van der Waals surface area contributed by atoms with Gasteiger partial charge in [0.15, 0.2) is 0 Å². The van der Waals surface area contributed by atoms with Gasteiger partial charge in [-0.2, -0.15) is 0 Å². The van der Waals surface area contributed by atoms with Gasteiger partial charge in [0.25, 0.3) is 0 Å². The van der Waals surface area contributed by atoms with E-state index in [1.54, 1.807) is 0 Å². The van der Waals surface area contributed by atoms with Crippen LogP contribution in [0.2, 0.25) is 0 Å². The minimum Gasteiger partial charge on any atom is -0.464 e. The molecule has 0 saturated heterocycles. The molecule has 1 heterocycles. The number of aliphatic hydroxyl groups is 1. The summed E-state index contributed by atoms with van der Waals surface area (Å²) in [6.07, 6.45) is 9.46. The molecule has 2 heteroatoms. The molecule has 0 radical (unpaired) electrons. The Morgan fingerprint density at radius 3 is 2.50 bits per heavy atom. The third-order valence-corrected chi connectivity index (χ3v) is 3.78. The van der Waals surface area contributed by atoms with Gasteiger partial charge in [0.2, 0.25) is 0 Å². The van der Waals surface area contributed by atoms with Crippen molar-refractivity contribution in [2.24, 2.45) is 5.41 Å². The summed E-state index contributed by atoms with van der Waals surface area (Å²) >= 11 is 0. The van der Waals surface area contributed by atoms with Crippen molar-refractivity contribution in [3.8, 4) is 0 Å². The van der Waals surface area contributed by atoms with Crippen LogP contribution in [0.25, 0.3) is 12.2 Å². The Labute approximate surface area is 109 Å². The van der Waals surface area contributed by atoms with E-state index in [1.807, 2.05) is 6.26 Å². The summed E-state index contributed by atoms with van der Waals surface area (Å²) in [5.74, 6) is 0. The molecule has 18 heavy (non-hydrogen) atoms. The van der Waals surface area contributed by atoms with E-state index in [2.05, 4.69) is 39.8 Å². The Bertz CT molecular complexity index is 532. The van der Waals surface area contributed by atoms with Crippen molar-refractivity contribution in [1.82, 2.24) is 0 Å².